The number of para-hydroxylation sites is 2. The molecule has 0 aliphatic heterocycles. The summed E-state index contributed by atoms with van der Waals surface area (Å²) >= 11 is 0. The number of carbonyl (C=O) groups excluding carboxylic acids is 1. The molecule has 0 fully saturated rings. The number of nitrogens with zero attached hydrogens (tertiary/aromatic N) is 3. The van der Waals surface area contributed by atoms with E-state index in [1.165, 1.54) is 6.08 Å². The van der Waals surface area contributed by atoms with Gasteiger partial charge in [-0.25, -0.2) is 4.68 Å². The number of nitriles is 1. The molecule has 2 aromatic carbocycles. The molecule has 35 heavy (non-hydrogen) atoms. The maximum atomic E-state index is 12.7. The van der Waals surface area contributed by atoms with Crippen LogP contribution in [0.15, 0.2) is 70.8 Å². The quantitative estimate of drug-likeness (QED) is 0.204. The molecule has 0 saturated carbocycles. The van der Waals surface area contributed by atoms with Crippen LogP contribution in [-0.4, -0.2) is 42.6 Å². The van der Waals surface area contributed by atoms with Gasteiger partial charge in [0, 0.05) is 36.9 Å². The number of amides is 1. The molecule has 8 nitrogen and oxygen atoms in total. The minimum Gasteiger partial charge on any atom is -0.493 e. The van der Waals surface area contributed by atoms with Crippen molar-refractivity contribution in [2.45, 2.75) is 13.3 Å². The first-order valence-corrected chi connectivity index (χ1v) is 11.3. The lowest BCUT2D eigenvalue weighted by atomic mass is 10.1. The Balaban J connectivity index is 1.72. The van der Waals surface area contributed by atoms with Crippen molar-refractivity contribution in [2.24, 2.45) is 0 Å². The van der Waals surface area contributed by atoms with Gasteiger partial charge in [0.1, 0.15) is 17.3 Å². The molecule has 178 valence electrons. The Hall–Kier alpha value is -4.35. The molecule has 0 bridgehead atoms. The number of methoxy groups -OCH3 is 1. The molecule has 8 heteroatoms. The summed E-state index contributed by atoms with van der Waals surface area (Å²) in [6, 6.07) is 19.1. The summed E-state index contributed by atoms with van der Waals surface area (Å²) < 4.78 is 18.5. The van der Waals surface area contributed by atoms with Gasteiger partial charge in [-0.05, 0) is 43.7 Å². The monoisotopic (exact) mass is 470 g/mol. The fraction of sp³-hybridized carbons (Fsp3) is 0.222. The molecule has 0 aliphatic rings. The summed E-state index contributed by atoms with van der Waals surface area (Å²) in [6.07, 6.45) is 3.97. The van der Waals surface area contributed by atoms with Crippen LogP contribution in [0.3, 0.4) is 0 Å². The van der Waals surface area contributed by atoms with Gasteiger partial charge < -0.3 is 19.2 Å². The molecule has 2 heterocycles. The van der Waals surface area contributed by atoms with Gasteiger partial charge in [-0.15, -0.1) is 0 Å². The van der Waals surface area contributed by atoms with Gasteiger partial charge in [0.15, 0.2) is 17.1 Å². The van der Waals surface area contributed by atoms with Crippen molar-refractivity contribution in [2.75, 3.05) is 26.9 Å². The van der Waals surface area contributed by atoms with Gasteiger partial charge in [-0.1, -0.05) is 30.3 Å². The van der Waals surface area contributed by atoms with Crippen molar-refractivity contribution in [3.63, 3.8) is 0 Å². The Morgan fingerprint density at radius 1 is 1.23 bits per heavy atom. The normalized spacial score (nSPS) is 11.4. The lowest BCUT2D eigenvalue weighted by Crippen LogP contribution is -2.26. The molecule has 1 amide bonds. The van der Waals surface area contributed by atoms with Gasteiger partial charge in [-0.2, -0.15) is 10.4 Å². The Morgan fingerprint density at radius 3 is 2.80 bits per heavy atom. The number of carbonyl (C=O) groups is 1. The molecule has 0 aliphatic carbocycles. The third-order valence-corrected chi connectivity index (χ3v) is 5.34. The Morgan fingerprint density at radius 2 is 2.06 bits per heavy atom. The van der Waals surface area contributed by atoms with Gasteiger partial charge in [-0.3, -0.25) is 4.79 Å². The van der Waals surface area contributed by atoms with E-state index in [0.717, 1.165) is 11.1 Å². The number of aromatic nitrogens is 2. The van der Waals surface area contributed by atoms with E-state index in [0.29, 0.717) is 54.5 Å². The van der Waals surface area contributed by atoms with E-state index in [2.05, 4.69) is 5.32 Å². The zero-order valence-electron chi connectivity index (χ0n) is 19.7. The van der Waals surface area contributed by atoms with Crippen molar-refractivity contribution < 1.29 is 18.7 Å². The molecule has 0 saturated heterocycles. The topological polar surface area (TPSA) is 102 Å². The van der Waals surface area contributed by atoms with Crippen LogP contribution in [-0.2, 0) is 9.53 Å². The first-order valence-electron chi connectivity index (χ1n) is 11.3. The Kier molecular flexibility index (Phi) is 7.60. The molecule has 1 N–H and O–H groups in total. The van der Waals surface area contributed by atoms with E-state index in [4.69, 9.17) is 19.0 Å². The summed E-state index contributed by atoms with van der Waals surface area (Å²) in [5.41, 5.74) is 2.49. The average molecular weight is 471 g/mol. The van der Waals surface area contributed by atoms with Crippen LogP contribution in [0.1, 0.15) is 18.9 Å². The molecule has 4 rings (SSSR count). The molecule has 0 radical (unpaired) electrons. The first-order chi connectivity index (χ1) is 17.1. The minimum atomic E-state index is -0.450. The number of benzene rings is 2. The zero-order chi connectivity index (χ0) is 24.6. The molecule has 4 aromatic rings. The summed E-state index contributed by atoms with van der Waals surface area (Å²) in [7, 11) is 1.58. The number of furan rings is 1. The van der Waals surface area contributed by atoms with Crippen molar-refractivity contribution in [1.29, 1.82) is 5.26 Å². The second-order valence-electron chi connectivity index (χ2n) is 7.68. The predicted molar refractivity (Wildman–Crippen MR) is 133 cm³/mol. The summed E-state index contributed by atoms with van der Waals surface area (Å²) in [5.74, 6) is 0.658. The fourth-order valence-corrected chi connectivity index (χ4v) is 3.63. The molecular weight excluding hydrogens is 444 g/mol. The van der Waals surface area contributed by atoms with E-state index >= 15 is 0 Å². The highest BCUT2D eigenvalue weighted by molar-refractivity contribution is 6.02. The van der Waals surface area contributed by atoms with Crippen LogP contribution in [0.25, 0.3) is 34.2 Å². The highest BCUT2D eigenvalue weighted by atomic mass is 16.5. The molecule has 0 atom stereocenters. The van der Waals surface area contributed by atoms with Crippen LogP contribution in [0.5, 0.6) is 5.75 Å². The second-order valence-corrected chi connectivity index (χ2v) is 7.68. The van der Waals surface area contributed by atoms with Crippen LogP contribution >= 0.6 is 0 Å². The molecule has 0 spiro atoms. The number of hydrogen-bond acceptors (Lipinski definition) is 6. The number of hydrogen-bond donors (Lipinski definition) is 1. The Labute approximate surface area is 203 Å². The van der Waals surface area contributed by atoms with E-state index in [9.17, 15) is 10.1 Å². The number of nitrogens with one attached hydrogen (secondary N) is 1. The van der Waals surface area contributed by atoms with E-state index in [-0.39, 0.29) is 5.57 Å². The highest BCUT2D eigenvalue weighted by Crippen LogP contribution is 2.35. The van der Waals surface area contributed by atoms with Gasteiger partial charge in [0.2, 0.25) is 0 Å². The van der Waals surface area contributed by atoms with Crippen LogP contribution < -0.4 is 10.1 Å². The first kappa shape index (κ1) is 23.8. The highest BCUT2D eigenvalue weighted by Gasteiger charge is 2.19. The maximum Gasteiger partial charge on any atom is 0.261 e. The summed E-state index contributed by atoms with van der Waals surface area (Å²) in [6.45, 7) is 3.50. The van der Waals surface area contributed by atoms with Crippen LogP contribution in [0.4, 0.5) is 0 Å². The van der Waals surface area contributed by atoms with Crippen LogP contribution in [0, 0.1) is 11.3 Å². The summed E-state index contributed by atoms with van der Waals surface area (Å²) in [5, 5.41) is 18.0. The van der Waals surface area contributed by atoms with Crippen molar-refractivity contribution >= 4 is 23.0 Å². The zero-order valence-corrected chi connectivity index (χ0v) is 19.7. The minimum absolute atomic E-state index is 0.0241. The molecule has 2 aromatic heterocycles. The largest absolute Gasteiger partial charge is 0.493 e. The van der Waals surface area contributed by atoms with Crippen LogP contribution in [0.2, 0.25) is 0 Å². The Bertz CT molecular complexity index is 1380. The predicted octanol–water partition coefficient (Wildman–Crippen LogP) is 4.74. The third-order valence-electron chi connectivity index (χ3n) is 5.34. The van der Waals surface area contributed by atoms with Gasteiger partial charge in [0.25, 0.3) is 5.91 Å². The number of fused-ring (bicyclic) bond motifs is 1. The lowest BCUT2D eigenvalue weighted by molar-refractivity contribution is -0.117. The summed E-state index contributed by atoms with van der Waals surface area (Å²) in [4.78, 5) is 12.7. The van der Waals surface area contributed by atoms with Crippen molar-refractivity contribution in [3.8, 4) is 29.0 Å². The molecular formula is C27H26N4O4. The third kappa shape index (κ3) is 5.42. The van der Waals surface area contributed by atoms with Crippen molar-refractivity contribution in [1.82, 2.24) is 15.1 Å². The smallest absolute Gasteiger partial charge is 0.261 e. The number of rotatable bonds is 10. The number of ether oxygens (including phenoxy) is 2. The van der Waals surface area contributed by atoms with Gasteiger partial charge in [0.05, 0.1) is 12.8 Å². The molecule has 0 unspecified atom stereocenters. The second kappa shape index (κ2) is 11.2. The average Bonchev–Trinajstić information content (AvgIpc) is 3.51. The fourth-order valence-electron chi connectivity index (χ4n) is 3.63. The van der Waals surface area contributed by atoms with Gasteiger partial charge >= 0.3 is 0 Å². The van der Waals surface area contributed by atoms with Crippen molar-refractivity contribution in [3.05, 3.63) is 71.9 Å². The maximum absolute atomic E-state index is 12.7. The van der Waals surface area contributed by atoms with E-state index in [1.54, 1.807) is 18.0 Å². The van der Waals surface area contributed by atoms with E-state index in [1.807, 2.05) is 67.6 Å². The lowest BCUT2D eigenvalue weighted by Gasteiger charge is -2.04. The SMILES string of the molecule is CCOCCCNC(=O)/C(C#N)=C\c1cn(-c2ccccc2)nc1-c1cc2cccc(OC)c2o1. The van der Waals surface area contributed by atoms with E-state index < -0.39 is 5.91 Å². The standard InChI is InChI=1S/C27H26N4O4/c1-3-34-14-8-13-29-27(32)20(17-28)15-21-18-31(22-10-5-4-6-11-22)30-25(21)24-16-19-9-7-12-23(33-2)26(19)35-24/h4-7,9-12,15-16,18H,3,8,13-14H2,1-2H3,(H,29,32)/b20-15-.